The first kappa shape index (κ1) is 21.4. The molecule has 3 aromatic rings. The Kier molecular flexibility index (Phi) is 6.30. The molecule has 0 radical (unpaired) electrons. The van der Waals surface area contributed by atoms with Crippen molar-refractivity contribution >= 4 is 44.4 Å². The minimum atomic E-state index is -3.56. The molecular weight excluding hydrogens is 408 g/mol. The van der Waals surface area contributed by atoms with Crippen molar-refractivity contribution in [1.82, 2.24) is 14.7 Å². The lowest BCUT2D eigenvalue weighted by Gasteiger charge is -2.12. The van der Waals surface area contributed by atoms with E-state index in [-0.39, 0.29) is 22.1 Å². The third kappa shape index (κ3) is 5.37. The van der Waals surface area contributed by atoms with Crippen LogP contribution in [0.4, 0.5) is 5.69 Å². The normalized spacial score (nSPS) is 13.0. The molecule has 3 rings (SSSR count). The lowest BCUT2D eigenvalue weighted by atomic mass is 10.2. The number of sulfonamides is 1. The van der Waals surface area contributed by atoms with Crippen molar-refractivity contribution in [1.29, 1.82) is 0 Å². The molecule has 0 aliphatic carbocycles. The maximum absolute atomic E-state index is 12.5. The Labute approximate surface area is 174 Å². The number of benzene rings is 2. The van der Waals surface area contributed by atoms with Crippen LogP contribution in [0.3, 0.4) is 0 Å². The Hall–Kier alpha value is -2.36. The van der Waals surface area contributed by atoms with E-state index in [9.17, 15) is 13.2 Å². The highest BCUT2D eigenvalue weighted by atomic mass is 32.2. The maximum Gasteiger partial charge on any atom is 0.240 e. The minimum Gasteiger partial charge on any atom is -0.333 e. The van der Waals surface area contributed by atoms with E-state index in [4.69, 9.17) is 0 Å². The fraction of sp³-hybridized carbons (Fsp3) is 0.300. The van der Waals surface area contributed by atoms with Crippen LogP contribution >= 0.6 is 11.8 Å². The first-order valence-corrected chi connectivity index (χ1v) is 11.6. The van der Waals surface area contributed by atoms with Gasteiger partial charge < -0.3 is 10.3 Å². The average Bonchev–Trinajstić information content (AvgIpc) is 3.02. The average molecular weight is 433 g/mol. The van der Waals surface area contributed by atoms with Gasteiger partial charge in [0.05, 0.1) is 21.2 Å². The van der Waals surface area contributed by atoms with Gasteiger partial charge in [-0.2, -0.15) is 0 Å². The molecule has 0 bridgehead atoms. The van der Waals surface area contributed by atoms with Crippen LogP contribution in [0.25, 0.3) is 11.0 Å². The summed E-state index contributed by atoms with van der Waals surface area (Å²) < 4.78 is 26.9. The van der Waals surface area contributed by atoms with Crippen molar-refractivity contribution in [2.75, 3.05) is 5.32 Å². The number of imidazole rings is 1. The Morgan fingerprint density at radius 1 is 1.10 bits per heavy atom. The summed E-state index contributed by atoms with van der Waals surface area (Å²) in [6.07, 6.45) is 0. The predicted molar refractivity (Wildman–Crippen MR) is 117 cm³/mol. The fourth-order valence-electron chi connectivity index (χ4n) is 2.72. The van der Waals surface area contributed by atoms with E-state index < -0.39 is 10.0 Å². The fourth-order valence-corrected chi connectivity index (χ4v) is 4.79. The van der Waals surface area contributed by atoms with Gasteiger partial charge in [-0.1, -0.05) is 17.8 Å². The van der Waals surface area contributed by atoms with Crippen molar-refractivity contribution in [2.24, 2.45) is 0 Å². The van der Waals surface area contributed by atoms with E-state index >= 15 is 0 Å². The highest BCUT2D eigenvalue weighted by molar-refractivity contribution is 8.00. The molecule has 0 fully saturated rings. The van der Waals surface area contributed by atoms with Crippen molar-refractivity contribution in [3.05, 3.63) is 48.0 Å². The molecule has 1 unspecified atom stereocenters. The van der Waals surface area contributed by atoms with Crippen molar-refractivity contribution in [2.45, 2.75) is 49.0 Å². The summed E-state index contributed by atoms with van der Waals surface area (Å²) in [6, 6.07) is 11.9. The van der Waals surface area contributed by atoms with Gasteiger partial charge in [-0.05, 0) is 69.7 Å². The Balaban J connectivity index is 1.64. The molecule has 1 aromatic heterocycles. The summed E-state index contributed by atoms with van der Waals surface area (Å²) in [7, 11) is -3.56. The molecule has 0 saturated heterocycles. The monoisotopic (exact) mass is 432 g/mol. The maximum atomic E-state index is 12.5. The molecular formula is C20H24N4O3S2. The molecule has 0 aliphatic heterocycles. The quantitative estimate of drug-likeness (QED) is 0.494. The lowest BCUT2D eigenvalue weighted by molar-refractivity contribution is -0.115. The smallest absolute Gasteiger partial charge is 0.240 e. The van der Waals surface area contributed by atoms with Crippen LogP contribution in [0.1, 0.15) is 26.3 Å². The number of thioether (sulfide) groups is 1. The van der Waals surface area contributed by atoms with Gasteiger partial charge in [-0.3, -0.25) is 4.79 Å². The first-order chi connectivity index (χ1) is 13.6. The molecule has 1 atom stereocenters. The van der Waals surface area contributed by atoms with E-state index in [0.29, 0.717) is 10.8 Å². The molecule has 9 heteroatoms. The number of aryl methyl sites for hydroxylation is 1. The van der Waals surface area contributed by atoms with Gasteiger partial charge in [0.2, 0.25) is 15.9 Å². The summed E-state index contributed by atoms with van der Waals surface area (Å²) in [5, 5.41) is 3.10. The van der Waals surface area contributed by atoms with Gasteiger partial charge >= 0.3 is 0 Å². The van der Waals surface area contributed by atoms with Gasteiger partial charge in [-0.25, -0.2) is 18.1 Å². The van der Waals surface area contributed by atoms with Crippen molar-refractivity contribution < 1.29 is 13.2 Å². The number of rotatable bonds is 7. The summed E-state index contributed by atoms with van der Waals surface area (Å²) in [6.45, 7) is 7.32. The summed E-state index contributed by atoms with van der Waals surface area (Å²) >= 11 is 1.33. The molecule has 2 aromatic carbocycles. The number of nitrogens with one attached hydrogen (secondary N) is 3. The zero-order valence-corrected chi connectivity index (χ0v) is 18.3. The molecule has 7 nitrogen and oxygen atoms in total. The summed E-state index contributed by atoms with van der Waals surface area (Å²) in [5.41, 5.74) is 3.47. The largest absolute Gasteiger partial charge is 0.333 e. The summed E-state index contributed by atoms with van der Waals surface area (Å²) in [5.74, 6) is -0.192. The van der Waals surface area contributed by atoms with Crippen LogP contribution in [-0.4, -0.2) is 35.6 Å². The van der Waals surface area contributed by atoms with E-state index in [0.717, 1.165) is 16.6 Å². The van der Waals surface area contributed by atoms with E-state index in [1.54, 1.807) is 32.9 Å². The van der Waals surface area contributed by atoms with Gasteiger partial charge in [0.1, 0.15) is 0 Å². The molecule has 0 spiro atoms. The summed E-state index contributed by atoms with van der Waals surface area (Å²) in [4.78, 5) is 20.4. The highest BCUT2D eigenvalue weighted by Gasteiger charge is 2.18. The van der Waals surface area contributed by atoms with Crippen LogP contribution in [0.2, 0.25) is 0 Å². The van der Waals surface area contributed by atoms with Crippen molar-refractivity contribution in [3.63, 3.8) is 0 Å². The van der Waals surface area contributed by atoms with Crippen LogP contribution < -0.4 is 10.0 Å². The molecule has 0 aliphatic rings. The zero-order valence-electron chi connectivity index (χ0n) is 16.7. The number of hydrogen-bond acceptors (Lipinski definition) is 5. The lowest BCUT2D eigenvalue weighted by Crippen LogP contribution is -2.30. The molecule has 154 valence electrons. The number of carbonyl (C=O) groups is 1. The molecule has 1 amide bonds. The number of hydrogen-bond donors (Lipinski definition) is 3. The van der Waals surface area contributed by atoms with Gasteiger partial charge in [0.25, 0.3) is 0 Å². The van der Waals surface area contributed by atoms with Crippen LogP contribution in [0, 0.1) is 6.92 Å². The van der Waals surface area contributed by atoms with Crippen LogP contribution in [0.5, 0.6) is 0 Å². The van der Waals surface area contributed by atoms with E-state index in [1.807, 2.05) is 25.1 Å². The molecule has 0 saturated carbocycles. The second kappa shape index (κ2) is 8.56. The molecule has 3 N–H and O–H groups in total. The number of aromatic nitrogens is 2. The third-order valence-corrected chi connectivity index (χ3v) is 6.76. The van der Waals surface area contributed by atoms with Crippen LogP contribution in [0.15, 0.2) is 52.5 Å². The second-order valence-corrected chi connectivity index (χ2v) is 10.2. The van der Waals surface area contributed by atoms with Crippen molar-refractivity contribution in [3.8, 4) is 0 Å². The third-order valence-electron chi connectivity index (χ3n) is 4.10. The first-order valence-electron chi connectivity index (χ1n) is 9.20. The van der Waals surface area contributed by atoms with Gasteiger partial charge in [-0.15, -0.1) is 0 Å². The van der Waals surface area contributed by atoms with E-state index in [1.165, 1.54) is 23.9 Å². The Morgan fingerprint density at radius 3 is 2.45 bits per heavy atom. The van der Waals surface area contributed by atoms with Crippen LogP contribution in [-0.2, 0) is 14.8 Å². The zero-order chi connectivity index (χ0) is 21.2. The Morgan fingerprint density at radius 2 is 1.79 bits per heavy atom. The number of anilines is 1. The topological polar surface area (TPSA) is 104 Å². The number of carbonyl (C=O) groups excluding carboxylic acids is 1. The Bertz CT molecular complexity index is 1120. The van der Waals surface area contributed by atoms with E-state index in [2.05, 4.69) is 20.0 Å². The standard InChI is InChI=1S/C20H24N4O3S2/c1-12(2)24-29(26,27)16-8-6-15(7-9-16)21-19(25)14(4)28-20-22-17-10-5-13(3)11-18(17)23-20/h5-12,14,24H,1-4H3,(H,21,25)(H,22,23). The molecule has 29 heavy (non-hydrogen) atoms. The highest BCUT2D eigenvalue weighted by Crippen LogP contribution is 2.25. The number of fused-ring (bicyclic) bond motifs is 1. The number of amides is 1. The van der Waals surface area contributed by atoms with Gasteiger partial charge in [0, 0.05) is 11.7 Å². The number of aromatic amines is 1. The predicted octanol–water partition coefficient (Wildman–Crippen LogP) is 3.68. The number of nitrogens with zero attached hydrogens (tertiary/aromatic N) is 1. The SMILES string of the molecule is Cc1ccc2nc(SC(C)C(=O)Nc3ccc(S(=O)(=O)NC(C)C)cc3)[nH]c2c1. The second-order valence-electron chi connectivity index (χ2n) is 7.11. The molecule has 1 heterocycles. The number of H-pyrrole nitrogens is 1. The van der Waals surface area contributed by atoms with Gasteiger partial charge in [0.15, 0.2) is 5.16 Å². The minimum absolute atomic E-state index is 0.157.